The van der Waals surface area contributed by atoms with Gasteiger partial charge in [0.1, 0.15) is 11.6 Å². The fourth-order valence-corrected chi connectivity index (χ4v) is 2.11. The molecule has 0 atom stereocenters. The van der Waals surface area contributed by atoms with Gasteiger partial charge in [-0.1, -0.05) is 19.1 Å². The van der Waals surface area contributed by atoms with Gasteiger partial charge in [0.15, 0.2) is 0 Å². The lowest BCUT2D eigenvalue weighted by Gasteiger charge is -2.07. The van der Waals surface area contributed by atoms with Crippen LogP contribution in [-0.4, -0.2) is 15.0 Å². The molecule has 20 heavy (non-hydrogen) atoms. The first-order valence-corrected chi connectivity index (χ1v) is 6.74. The topological polar surface area (TPSA) is 63.8 Å². The first-order valence-electron chi connectivity index (χ1n) is 6.36. The number of aryl methyl sites for hydroxylation is 1. The largest absolute Gasteiger partial charge is 0.444 e. The van der Waals surface area contributed by atoms with Crippen molar-refractivity contribution in [1.29, 1.82) is 0 Å². The number of benzene rings is 1. The second-order valence-corrected chi connectivity index (χ2v) is 4.62. The third-order valence-corrected chi connectivity index (χ3v) is 3.10. The van der Waals surface area contributed by atoms with Gasteiger partial charge in [0.05, 0.1) is 18.3 Å². The van der Waals surface area contributed by atoms with E-state index in [-0.39, 0.29) is 5.28 Å². The number of hydrogen-bond acceptors (Lipinski definition) is 5. The third kappa shape index (κ3) is 2.58. The fraction of sp³-hybridized carbons (Fsp3) is 0.214. The van der Waals surface area contributed by atoms with Crippen LogP contribution in [0.2, 0.25) is 5.28 Å². The van der Waals surface area contributed by atoms with Crippen molar-refractivity contribution in [2.75, 3.05) is 5.32 Å². The first-order chi connectivity index (χ1) is 9.76. The van der Waals surface area contributed by atoms with E-state index < -0.39 is 0 Å². The Morgan fingerprint density at radius 2 is 2.10 bits per heavy atom. The van der Waals surface area contributed by atoms with Crippen molar-refractivity contribution in [2.24, 2.45) is 0 Å². The van der Waals surface area contributed by atoms with Crippen LogP contribution in [-0.2, 0) is 13.0 Å². The number of nitrogens with zero attached hydrogens (tertiary/aromatic N) is 3. The molecule has 0 radical (unpaired) electrons. The number of rotatable bonds is 4. The molecule has 0 saturated carbocycles. The van der Waals surface area contributed by atoms with E-state index in [4.69, 9.17) is 16.0 Å². The predicted molar refractivity (Wildman–Crippen MR) is 77.8 cm³/mol. The molecule has 5 nitrogen and oxygen atoms in total. The Hall–Kier alpha value is -2.14. The Bertz CT molecular complexity index is 741. The number of aromatic nitrogens is 3. The number of nitrogens with one attached hydrogen (secondary N) is 1. The van der Waals surface area contributed by atoms with E-state index in [1.165, 1.54) is 0 Å². The van der Waals surface area contributed by atoms with Gasteiger partial charge >= 0.3 is 0 Å². The smallest absolute Gasteiger partial charge is 0.224 e. The van der Waals surface area contributed by atoms with Gasteiger partial charge in [0.2, 0.25) is 11.2 Å². The van der Waals surface area contributed by atoms with Gasteiger partial charge in [-0.05, 0) is 23.7 Å². The molecule has 2 heterocycles. The molecule has 0 aliphatic rings. The van der Waals surface area contributed by atoms with Gasteiger partial charge in [0.25, 0.3) is 0 Å². The molecule has 0 aliphatic carbocycles. The van der Waals surface area contributed by atoms with Crippen LogP contribution in [0.25, 0.3) is 10.9 Å². The fourth-order valence-electron chi connectivity index (χ4n) is 1.94. The van der Waals surface area contributed by atoms with Crippen molar-refractivity contribution in [1.82, 2.24) is 15.0 Å². The lowest BCUT2D eigenvalue weighted by molar-refractivity contribution is 0.465. The Morgan fingerprint density at radius 3 is 2.90 bits per heavy atom. The van der Waals surface area contributed by atoms with E-state index in [0.29, 0.717) is 18.3 Å². The van der Waals surface area contributed by atoms with E-state index >= 15 is 0 Å². The van der Waals surface area contributed by atoms with Crippen molar-refractivity contribution < 1.29 is 4.42 Å². The van der Waals surface area contributed by atoms with E-state index in [9.17, 15) is 0 Å². The molecule has 2 aromatic heterocycles. The van der Waals surface area contributed by atoms with Gasteiger partial charge in [-0.15, -0.1) is 0 Å². The third-order valence-electron chi connectivity index (χ3n) is 2.93. The molecular weight excluding hydrogens is 276 g/mol. The Labute approximate surface area is 121 Å². The van der Waals surface area contributed by atoms with E-state index in [1.54, 1.807) is 6.20 Å². The average molecular weight is 289 g/mol. The molecule has 0 spiro atoms. The lowest BCUT2D eigenvalue weighted by atomic mass is 10.2. The zero-order chi connectivity index (χ0) is 13.9. The molecular formula is C14H13ClN4O. The van der Waals surface area contributed by atoms with Crippen LogP contribution in [0.4, 0.5) is 5.82 Å². The van der Waals surface area contributed by atoms with E-state index in [2.05, 4.69) is 20.3 Å². The lowest BCUT2D eigenvalue weighted by Crippen LogP contribution is -2.03. The maximum Gasteiger partial charge on any atom is 0.224 e. The van der Waals surface area contributed by atoms with Crippen LogP contribution >= 0.6 is 11.6 Å². The highest BCUT2D eigenvalue weighted by atomic mass is 35.5. The predicted octanol–water partition coefficient (Wildman–Crippen LogP) is 3.45. The zero-order valence-electron chi connectivity index (χ0n) is 10.9. The van der Waals surface area contributed by atoms with Crippen molar-refractivity contribution in [2.45, 2.75) is 19.9 Å². The number of halogens is 1. The minimum Gasteiger partial charge on any atom is -0.444 e. The number of hydrogen-bond donors (Lipinski definition) is 1. The Balaban J connectivity index is 1.86. The average Bonchev–Trinajstić information content (AvgIpc) is 2.92. The molecule has 0 bridgehead atoms. The van der Waals surface area contributed by atoms with Crippen LogP contribution in [0.3, 0.4) is 0 Å². The number of para-hydroxylation sites is 1. The van der Waals surface area contributed by atoms with Crippen molar-refractivity contribution >= 4 is 28.3 Å². The van der Waals surface area contributed by atoms with Crippen LogP contribution in [0, 0.1) is 0 Å². The minimum absolute atomic E-state index is 0.216. The first kappa shape index (κ1) is 12.9. The quantitative estimate of drug-likeness (QED) is 0.745. The van der Waals surface area contributed by atoms with Gasteiger partial charge in [0, 0.05) is 11.8 Å². The maximum atomic E-state index is 5.93. The number of oxazole rings is 1. The molecule has 3 rings (SSSR count). The highest BCUT2D eigenvalue weighted by Gasteiger charge is 2.08. The monoisotopic (exact) mass is 288 g/mol. The summed E-state index contributed by atoms with van der Waals surface area (Å²) in [5.74, 6) is 2.17. The summed E-state index contributed by atoms with van der Waals surface area (Å²) in [7, 11) is 0. The van der Waals surface area contributed by atoms with Gasteiger partial charge < -0.3 is 9.73 Å². The summed E-state index contributed by atoms with van der Waals surface area (Å²) in [5, 5.41) is 4.32. The second kappa shape index (κ2) is 5.46. The molecule has 0 unspecified atom stereocenters. The maximum absolute atomic E-state index is 5.93. The summed E-state index contributed by atoms with van der Waals surface area (Å²) in [5.41, 5.74) is 0.802. The Morgan fingerprint density at radius 1 is 1.25 bits per heavy atom. The molecule has 0 amide bonds. The molecule has 3 aromatic rings. The molecule has 102 valence electrons. The summed E-state index contributed by atoms with van der Waals surface area (Å²) in [4.78, 5) is 12.6. The molecule has 1 aromatic carbocycles. The molecule has 0 fully saturated rings. The van der Waals surface area contributed by atoms with Crippen LogP contribution in [0.5, 0.6) is 0 Å². The standard InChI is InChI=1S/C14H13ClN4O/c1-2-9-7-16-12(20-9)8-17-13-10-5-3-4-6-11(10)18-14(15)19-13/h3-7H,2,8H2,1H3,(H,17,18,19). The second-order valence-electron chi connectivity index (χ2n) is 4.29. The van der Waals surface area contributed by atoms with Gasteiger partial charge in [-0.3, -0.25) is 0 Å². The number of fused-ring (bicyclic) bond motifs is 1. The normalized spacial score (nSPS) is 10.9. The summed E-state index contributed by atoms with van der Waals surface area (Å²) in [6.07, 6.45) is 2.57. The van der Waals surface area contributed by atoms with E-state index in [1.807, 2.05) is 31.2 Å². The molecule has 0 saturated heterocycles. The minimum atomic E-state index is 0.216. The summed E-state index contributed by atoms with van der Waals surface area (Å²) < 4.78 is 5.55. The molecule has 6 heteroatoms. The highest BCUT2D eigenvalue weighted by molar-refractivity contribution is 6.28. The summed E-state index contributed by atoms with van der Waals surface area (Å²) in [6.45, 7) is 2.48. The molecule has 1 N–H and O–H groups in total. The summed E-state index contributed by atoms with van der Waals surface area (Å²) in [6, 6.07) is 7.69. The SMILES string of the molecule is CCc1cnc(CNc2nc(Cl)nc3ccccc23)o1. The van der Waals surface area contributed by atoms with Crippen LogP contribution in [0.1, 0.15) is 18.6 Å². The van der Waals surface area contributed by atoms with E-state index in [0.717, 1.165) is 23.1 Å². The van der Waals surface area contributed by atoms with Gasteiger partial charge in [-0.25, -0.2) is 15.0 Å². The Kier molecular flexibility index (Phi) is 3.52. The van der Waals surface area contributed by atoms with Crippen molar-refractivity contribution in [3.8, 4) is 0 Å². The summed E-state index contributed by atoms with van der Waals surface area (Å²) >= 11 is 5.93. The number of anilines is 1. The highest BCUT2D eigenvalue weighted by Crippen LogP contribution is 2.22. The van der Waals surface area contributed by atoms with Gasteiger partial charge in [-0.2, -0.15) is 0 Å². The van der Waals surface area contributed by atoms with Crippen molar-refractivity contribution in [3.05, 3.63) is 47.4 Å². The molecule has 0 aliphatic heterocycles. The zero-order valence-corrected chi connectivity index (χ0v) is 11.7. The van der Waals surface area contributed by atoms with Crippen LogP contribution < -0.4 is 5.32 Å². The van der Waals surface area contributed by atoms with Crippen molar-refractivity contribution in [3.63, 3.8) is 0 Å². The van der Waals surface area contributed by atoms with Crippen LogP contribution in [0.15, 0.2) is 34.9 Å².